The Labute approximate surface area is 110 Å². The van der Waals surface area contributed by atoms with Gasteiger partial charge in [-0.1, -0.05) is 11.6 Å². The van der Waals surface area contributed by atoms with Gasteiger partial charge in [-0.25, -0.2) is 4.98 Å². The molecule has 0 aromatic carbocycles. The highest BCUT2D eigenvalue weighted by Gasteiger charge is 2.44. The Hall–Kier alpha value is -1.80. The second-order valence-corrected chi connectivity index (χ2v) is 4.50. The molecule has 1 aromatic heterocycles. The molecule has 1 aromatic rings. The molecule has 0 aliphatic heterocycles. The molecular weight excluding hydrogens is 254 g/mol. The van der Waals surface area contributed by atoms with Gasteiger partial charge in [0.1, 0.15) is 10.6 Å². The SMILES string of the molecule is CCOc1ncc(C(=O)NC2(C#N)CC2)cc1Cl. The van der Waals surface area contributed by atoms with Crippen LogP contribution in [0.2, 0.25) is 5.02 Å². The summed E-state index contributed by atoms with van der Waals surface area (Å²) >= 11 is 5.94. The van der Waals surface area contributed by atoms with Gasteiger partial charge in [0.15, 0.2) is 0 Å². The van der Waals surface area contributed by atoms with Crippen LogP contribution in [0.25, 0.3) is 0 Å². The summed E-state index contributed by atoms with van der Waals surface area (Å²) in [7, 11) is 0. The van der Waals surface area contributed by atoms with Crippen LogP contribution in [0.15, 0.2) is 12.3 Å². The zero-order valence-corrected chi connectivity index (χ0v) is 10.6. The van der Waals surface area contributed by atoms with Gasteiger partial charge in [-0.15, -0.1) is 0 Å². The van der Waals surface area contributed by atoms with E-state index in [0.29, 0.717) is 30.9 Å². The molecule has 0 unspecified atom stereocenters. The lowest BCUT2D eigenvalue weighted by Gasteiger charge is -2.10. The number of amides is 1. The molecule has 0 atom stereocenters. The second kappa shape index (κ2) is 4.83. The summed E-state index contributed by atoms with van der Waals surface area (Å²) in [5, 5.41) is 11.9. The monoisotopic (exact) mass is 265 g/mol. The Morgan fingerprint density at radius 3 is 2.94 bits per heavy atom. The lowest BCUT2D eigenvalue weighted by atomic mass is 10.2. The smallest absolute Gasteiger partial charge is 0.254 e. The van der Waals surface area contributed by atoms with Crippen LogP contribution in [-0.4, -0.2) is 23.0 Å². The number of nitrogens with zero attached hydrogens (tertiary/aromatic N) is 2. The number of carbonyl (C=O) groups is 1. The van der Waals surface area contributed by atoms with Crippen LogP contribution < -0.4 is 10.1 Å². The van der Waals surface area contributed by atoms with Crippen molar-refractivity contribution < 1.29 is 9.53 Å². The minimum absolute atomic E-state index is 0.284. The van der Waals surface area contributed by atoms with E-state index in [1.165, 1.54) is 12.3 Å². The molecule has 1 fully saturated rings. The van der Waals surface area contributed by atoms with Crippen LogP contribution in [-0.2, 0) is 0 Å². The first-order valence-corrected chi connectivity index (χ1v) is 6.00. The molecule has 1 heterocycles. The zero-order chi connectivity index (χ0) is 13.2. The van der Waals surface area contributed by atoms with Crippen molar-refractivity contribution in [3.05, 3.63) is 22.8 Å². The van der Waals surface area contributed by atoms with Crippen LogP contribution in [0.5, 0.6) is 5.88 Å². The molecule has 1 aliphatic carbocycles. The number of hydrogen-bond acceptors (Lipinski definition) is 4. The fourth-order valence-electron chi connectivity index (χ4n) is 1.47. The van der Waals surface area contributed by atoms with Crippen molar-refractivity contribution in [1.29, 1.82) is 5.26 Å². The highest BCUT2D eigenvalue weighted by atomic mass is 35.5. The minimum Gasteiger partial charge on any atom is -0.477 e. The number of aromatic nitrogens is 1. The normalized spacial score (nSPS) is 15.6. The number of rotatable bonds is 4. The van der Waals surface area contributed by atoms with Gasteiger partial charge in [0.05, 0.1) is 18.2 Å². The van der Waals surface area contributed by atoms with E-state index in [9.17, 15) is 4.79 Å². The van der Waals surface area contributed by atoms with Gasteiger partial charge in [-0.2, -0.15) is 5.26 Å². The maximum absolute atomic E-state index is 11.9. The Bertz CT molecular complexity index is 521. The van der Waals surface area contributed by atoms with E-state index < -0.39 is 5.54 Å². The van der Waals surface area contributed by atoms with Crippen molar-refractivity contribution in [3.63, 3.8) is 0 Å². The molecule has 0 spiro atoms. The largest absolute Gasteiger partial charge is 0.477 e. The minimum atomic E-state index is -0.692. The predicted octanol–water partition coefficient (Wildman–Crippen LogP) is 1.92. The van der Waals surface area contributed by atoms with E-state index in [2.05, 4.69) is 16.4 Å². The number of nitriles is 1. The molecule has 94 valence electrons. The van der Waals surface area contributed by atoms with Crippen LogP contribution in [0.4, 0.5) is 0 Å². The molecule has 18 heavy (non-hydrogen) atoms. The maximum Gasteiger partial charge on any atom is 0.254 e. The number of pyridine rings is 1. The first-order chi connectivity index (χ1) is 8.60. The maximum atomic E-state index is 11.9. The van der Waals surface area contributed by atoms with Crippen LogP contribution in [0, 0.1) is 11.3 Å². The Kier molecular flexibility index (Phi) is 3.39. The molecule has 1 aliphatic rings. The van der Waals surface area contributed by atoms with Gasteiger partial charge in [0, 0.05) is 6.20 Å². The molecule has 0 saturated heterocycles. The fraction of sp³-hybridized carbons (Fsp3) is 0.417. The summed E-state index contributed by atoms with van der Waals surface area (Å²) in [5.41, 5.74) is -0.368. The third-order valence-corrected chi connectivity index (χ3v) is 2.94. The number of nitrogens with one attached hydrogen (secondary N) is 1. The van der Waals surface area contributed by atoms with E-state index in [1.807, 2.05) is 6.92 Å². The van der Waals surface area contributed by atoms with Crippen molar-refractivity contribution in [2.45, 2.75) is 25.3 Å². The second-order valence-electron chi connectivity index (χ2n) is 4.09. The van der Waals surface area contributed by atoms with Gasteiger partial charge >= 0.3 is 0 Å². The average molecular weight is 266 g/mol. The first-order valence-electron chi connectivity index (χ1n) is 5.62. The molecule has 0 radical (unpaired) electrons. The third kappa shape index (κ3) is 2.54. The Morgan fingerprint density at radius 2 is 2.44 bits per heavy atom. The van der Waals surface area contributed by atoms with Gasteiger partial charge in [-0.3, -0.25) is 4.79 Å². The molecule has 6 heteroatoms. The number of hydrogen-bond donors (Lipinski definition) is 1. The third-order valence-electron chi connectivity index (χ3n) is 2.67. The van der Waals surface area contributed by atoms with E-state index in [1.54, 1.807) is 0 Å². The number of halogens is 1. The number of ether oxygens (including phenoxy) is 1. The van der Waals surface area contributed by atoms with Gasteiger partial charge in [0.25, 0.3) is 5.91 Å². The van der Waals surface area contributed by atoms with Gasteiger partial charge in [0.2, 0.25) is 5.88 Å². The van der Waals surface area contributed by atoms with Crippen LogP contribution >= 0.6 is 11.6 Å². The Balaban J connectivity index is 2.12. The van der Waals surface area contributed by atoms with E-state index in [4.69, 9.17) is 21.6 Å². The lowest BCUT2D eigenvalue weighted by molar-refractivity contribution is 0.0941. The first kappa shape index (κ1) is 12.7. The Morgan fingerprint density at radius 1 is 1.72 bits per heavy atom. The summed E-state index contributed by atoms with van der Waals surface area (Å²) < 4.78 is 5.18. The summed E-state index contributed by atoms with van der Waals surface area (Å²) in [6.07, 6.45) is 2.76. The van der Waals surface area contributed by atoms with E-state index in [0.717, 1.165) is 0 Å². The average Bonchev–Trinajstić information content (AvgIpc) is 3.12. The van der Waals surface area contributed by atoms with Crippen LogP contribution in [0.1, 0.15) is 30.1 Å². The molecule has 2 rings (SSSR count). The molecule has 0 bridgehead atoms. The molecule has 1 N–H and O–H groups in total. The molecule has 5 nitrogen and oxygen atoms in total. The highest BCUT2D eigenvalue weighted by Crippen LogP contribution is 2.34. The summed E-state index contributed by atoms with van der Waals surface area (Å²) in [4.78, 5) is 15.8. The molecule has 1 saturated carbocycles. The van der Waals surface area contributed by atoms with Gasteiger partial charge < -0.3 is 10.1 Å². The van der Waals surface area contributed by atoms with Crippen molar-refractivity contribution in [1.82, 2.24) is 10.3 Å². The lowest BCUT2D eigenvalue weighted by Crippen LogP contribution is -2.35. The molecule has 1 amide bonds. The zero-order valence-electron chi connectivity index (χ0n) is 9.86. The summed E-state index contributed by atoms with van der Waals surface area (Å²) in [5.74, 6) is -0.0383. The summed E-state index contributed by atoms with van der Waals surface area (Å²) in [6, 6.07) is 3.58. The highest BCUT2D eigenvalue weighted by molar-refractivity contribution is 6.32. The predicted molar refractivity (Wildman–Crippen MR) is 65.5 cm³/mol. The van der Waals surface area contributed by atoms with Crippen LogP contribution in [0.3, 0.4) is 0 Å². The topological polar surface area (TPSA) is 75.0 Å². The van der Waals surface area contributed by atoms with Crippen molar-refractivity contribution in [2.75, 3.05) is 6.61 Å². The molecular formula is C12H12ClN3O2. The van der Waals surface area contributed by atoms with E-state index >= 15 is 0 Å². The fourth-order valence-corrected chi connectivity index (χ4v) is 1.69. The quantitative estimate of drug-likeness (QED) is 0.902. The standard InChI is InChI=1S/C12H12ClN3O2/c1-2-18-11-9(13)5-8(6-15-11)10(17)16-12(7-14)3-4-12/h5-6H,2-4H2,1H3,(H,16,17). The van der Waals surface area contributed by atoms with Crippen molar-refractivity contribution in [3.8, 4) is 11.9 Å². The summed E-state index contributed by atoms with van der Waals surface area (Å²) in [6.45, 7) is 2.28. The van der Waals surface area contributed by atoms with Crippen molar-refractivity contribution >= 4 is 17.5 Å². The number of carbonyl (C=O) groups excluding carboxylic acids is 1. The van der Waals surface area contributed by atoms with Crippen molar-refractivity contribution in [2.24, 2.45) is 0 Å². The van der Waals surface area contributed by atoms with Gasteiger partial charge in [-0.05, 0) is 25.8 Å². The van der Waals surface area contributed by atoms with E-state index in [-0.39, 0.29) is 10.9 Å².